The lowest BCUT2D eigenvalue weighted by Gasteiger charge is -2.29. The monoisotopic (exact) mass is 375 g/mol. The van der Waals surface area contributed by atoms with E-state index in [2.05, 4.69) is 0 Å². The number of rotatable bonds is 4. The number of carbonyl (C=O) groups is 1. The van der Waals surface area contributed by atoms with E-state index in [-0.39, 0.29) is 12.5 Å². The van der Waals surface area contributed by atoms with Gasteiger partial charge in [-0.05, 0) is 41.5 Å². The van der Waals surface area contributed by atoms with Gasteiger partial charge >= 0.3 is 5.97 Å². The van der Waals surface area contributed by atoms with Crippen molar-refractivity contribution in [3.63, 3.8) is 0 Å². The highest BCUT2D eigenvalue weighted by atomic mass is 16.5. The summed E-state index contributed by atoms with van der Waals surface area (Å²) in [7, 11) is 1.62. The van der Waals surface area contributed by atoms with Gasteiger partial charge in [0.2, 0.25) is 5.88 Å². The Balaban J connectivity index is 1.98. The first-order chi connectivity index (χ1) is 13.6. The normalized spacial score (nSPS) is 15.7. The molecule has 2 N–H and O–H groups in total. The molecule has 5 heteroatoms. The van der Waals surface area contributed by atoms with Crippen LogP contribution in [0.1, 0.15) is 24.0 Å². The van der Waals surface area contributed by atoms with Gasteiger partial charge in [0.25, 0.3) is 0 Å². The van der Waals surface area contributed by atoms with Crippen molar-refractivity contribution < 1.29 is 19.0 Å². The molecule has 3 aromatic rings. The molecule has 0 unspecified atom stereocenters. The molecule has 1 heterocycles. The molecule has 5 nitrogen and oxygen atoms in total. The topological polar surface area (TPSA) is 70.8 Å². The molecule has 142 valence electrons. The minimum atomic E-state index is -0.473. The average Bonchev–Trinajstić information content (AvgIpc) is 2.72. The zero-order valence-electron chi connectivity index (χ0n) is 15.8. The fourth-order valence-corrected chi connectivity index (χ4v) is 3.68. The maximum absolute atomic E-state index is 12.8. The predicted octanol–water partition coefficient (Wildman–Crippen LogP) is 4.11. The summed E-state index contributed by atoms with van der Waals surface area (Å²) in [5.74, 6) is 0.579. The molecule has 3 aromatic carbocycles. The van der Waals surface area contributed by atoms with Crippen LogP contribution in [0.4, 0.5) is 0 Å². The second kappa shape index (κ2) is 7.27. The van der Waals surface area contributed by atoms with E-state index >= 15 is 0 Å². The second-order valence-electron chi connectivity index (χ2n) is 6.51. The van der Waals surface area contributed by atoms with Crippen molar-refractivity contribution >= 4 is 16.7 Å². The van der Waals surface area contributed by atoms with E-state index < -0.39 is 11.9 Å². The van der Waals surface area contributed by atoms with Crippen molar-refractivity contribution in [2.24, 2.45) is 5.73 Å². The minimum absolute atomic E-state index is 0.0713. The maximum Gasteiger partial charge on any atom is 0.340 e. The Kier molecular flexibility index (Phi) is 4.65. The van der Waals surface area contributed by atoms with E-state index in [1.54, 1.807) is 14.0 Å². The van der Waals surface area contributed by atoms with E-state index in [0.717, 1.165) is 27.6 Å². The van der Waals surface area contributed by atoms with Crippen LogP contribution in [0.2, 0.25) is 0 Å². The summed E-state index contributed by atoms with van der Waals surface area (Å²) >= 11 is 0. The van der Waals surface area contributed by atoms with Gasteiger partial charge < -0.3 is 19.9 Å². The highest BCUT2D eigenvalue weighted by Crippen LogP contribution is 2.46. The van der Waals surface area contributed by atoms with Gasteiger partial charge in [0.15, 0.2) is 0 Å². The van der Waals surface area contributed by atoms with Crippen LogP contribution in [0.25, 0.3) is 10.8 Å². The van der Waals surface area contributed by atoms with E-state index in [0.29, 0.717) is 11.3 Å². The summed E-state index contributed by atoms with van der Waals surface area (Å²) in [6.07, 6.45) is 0. The molecule has 1 aliphatic rings. The molecule has 1 atom stereocenters. The Morgan fingerprint density at radius 3 is 2.54 bits per heavy atom. The zero-order valence-corrected chi connectivity index (χ0v) is 15.8. The number of esters is 1. The van der Waals surface area contributed by atoms with Gasteiger partial charge in [-0.15, -0.1) is 0 Å². The van der Waals surface area contributed by atoms with E-state index in [1.807, 2.05) is 60.7 Å². The summed E-state index contributed by atoms with van der Waals surface area (Å²) in [4.78, 5) is 12.8. The molecular formula is C23H21NO4. The standard InChI is InChI=1S/C23H21NO4/c1-3-27-23(25)21-19(15-8-11-16(26-2)12-9-15)20-17-7-5-4-6-14(17)10-13-18(20)28-22(21)24/h4-13,19H,3,24H2,1-2H3/t19-/m0/s1. The average molecular weight is 375 g/mol. The first kappa shape index (κ1) is 17.9. The van der Waals surface area contributed by atoms with Gasteiger partial charge in [-0.25, -0.2) is 4.79 Å². The van der Waals surface area contributed by atoms with Gasteiger partial charge in [-0.2, -0.15) is 0 Å². The minimum Gasteiger partial charge on any atom is -0.497 e. The van der Waals surface area contributed by atoms with Crippen molar-refractivity contribution in [2.75, 3.05) is 13.7 Å². The van der Waals surface area contributed by atoms with Crippen LogP contribution >= 0.6 is 0 Å². The lowest BCUT2D eigenvalue weighted by Crippen LogP contribution is -2.27. The predicted molar refractivity (Wildman–Crippen MR) is 107 cm³/mol. The van der Waals surface area contributed by atoms with Crippen LogP contribution in [0.15, 0.2) is 72.1 Å². The summed E-state index contributed by atoms with van der Waals surface area (Å²) in [5.41, 5.74) is 8.31. The molecule has 0 saturated heterocycles. The molecular weight excluding hydrogens is 354 g/mol. The van der Waals surface area contributed by atoms with Gasteiger partial charge in [-0.1, -0.05) is 42.5 Å². The molecule has 28 heavy (non-hydrogen) atoms. The van der Waals surface area contributed by atoms with Crippen LogP contribution in [-0.4, -0.2) is 19.7 Å². The Morgan fingerprint density at radius 1 is 1.07 bits per heavy atom. The number of fused-ring (bicyclic) bond motifs is 3. The third-order valence-electron chi connectivity index (χ3n) is 4.94. The van der Waals surface area contributed by atoms with Gasteiger partial charge in [0.1, 0.15) is 17.1 Å². The number of carbonyl (C=O) groups excluding carboxylic acids is 1. The lowest BCUT2D eigenvalue weighted by atomic mass is 9.80. The fourth-order valence-electron chi connectivity index (χ4n) is 3.68. The Hall–Kier alpha value is -3.47. The van der Waals surface area contributed by atoms with Gasteiger partial charge in [-0.3, -0.25) is 0 Å². The number of hydrogen-bond acceptors (Lipinski definition) is 5. The molecule has 0 spiro atoms. The summed E-state index contributed by atoms with van der Waals surface area (Å²) in [6.45, 7) is 2.03. The summed E-state index contributed by atoms with van der Waals surface area (Å²) in [5, 5.41) is 2.07. The molecule has 0 aromatic heterocycles. The number of nitrogens with two attached hydrogens (primary N) is 1. The van der Waals surface area contributed by atoms with Crippen molar-refractivity contribution in [1.82, 2.24) is 0 Å². The molecule has 0 saturated carbocycles. The molecule has 0 fully saturated rings. The number of hydrogen-bond donors (Lipinski definition) is 1. The van der Waals surface area contributed by atoms with Crippen molar-refractivity contribution in [1.29, 1.82) is 0 Å². The highest BCUT2D eigenvalue weighted by molar-refractivity contribution is 5.97. The first-order valence-corrected chi connectivity index (χ1v) is 9.14. The number of methoxy groups -OCH3 is 1. The van der Waals surface area contributed by atoms with Crippen LogP contribution in [0.5, 0.6) is 11.5 Å². The van der Waals surface area contributed by atoms with Crippen molar-refractivity contribution in [2.45, 2.75) is 12.8 Å². The second-order valence-corrected chi connectivity index (χ2v) is 6.51. The zero-order chi connectivity index (χ0) is 19.7. The molecule has 0 radical (unpaired) electrons. The fraction of sp³-hybridized carbons (Fsp3) is 0.174. The van der Waals surface area contributed by atoms with Crippen LogP contribution < -0.4 is 15.2 Å². The van der Waals surface area contributed by atoms with E-state index in [1.165, 1.54) is 0 Å². The van der Waals surface area contributed by atoms with Gasteiger partial charge in [0, 0.05) is 5.56 Å². The first-order valence-electron chi connectivity index (χ1n) is 9.14. The number of ether oxygens (including phenoxy) is 3. The molecule has 0 amide bonds. The third-order valence-corrected chi connectivity index (χ3v) is 4.94. The summed E-state index contributed by atoms with van der Waals surface area (Å²) in [6, 6.07) is 19.5. The van der Waals surface area contributed by atoms with E-state index in [9.17, 15) is 4.79 Å². The molecule has 0 aliphatic carbocycles. The smallest absolute Gasteiger partial charge is 0.340 e. The number of benzene rings is 3. The van der Waals surface area contributed by atoms with E-state index in [4.69, 9.17) is 19.9 Å². The Bertz CT molecular complexity index is 1070. The largest absolute Gasteiger partial charge is 0.497 e. The van der Waals surface area contributed by atoms with Crippen LogP contribution in [-0.2, 0) is 9.53 Å². The SMILES string of the molecule is CCOC(=O)C1=C(N)Oc2ccc3ccccc3c2[C@@H]1c1ccc(OC)cc1. The van der Waals surface area contributed by atoms with Gasteiger partial charge in [0.05, 0.1) is 19.6 Å². The van der Waals surface area contributed by atoms with Crippen molar-refractivity contribution in [3.05, 3.63) is 83.2 Å². The lowest BCUT2D eigenvalue weighted by molar-refractivity contribution is -0.139. The maximum atomic E-state index is 12.8. The molecule has 4 rings (SSSR count). The highest BCUT2D eigenvalue weighted by Gasteiger charge is 2.36. The quantitative estimate of drug-likeness (QED) is 0.695. The van der Waals surface area contributed by atoms with Crippen molar-refractivity contribution in [3.8, 4) is 11.5 Å². The summed E-state index contributed by atoms with van der Waals surface area (Å²) < 4.78 is 16.4. The Labute approximate surface area is 163 Å². The van der Waals surface area contributed by atoms with Crippen LogP contribution in [0.3, 0.4) is 0 Å². The van der Waals surface area contributed by atoms with Crippen LogP contribution in [0, 0.1) is 0 Å². The molecule has 0 bridgehead atoms. The molecule has 1 aliphatic heterocycles. The Morgan fingerprint density at radius 2 is 1.82 bits per heavy atom. The third kappa shape index (κ3) is 2.95.